The molecule has 1 aliphatic rings. The fraction of sp³-hybridized carbons (Fsp3) is 0.333. The van der Waals surface area contributed by atoms with Gasteiger partial charge in [0.05, 0.1) is 12.6 Å². The van der Waals surface area contributed by atoms with E-state index >= 15 is 0 Å². The minimum absolute atomic E-state index is 0.00148. The molecule has 0 bridgehead atoms. The summed E-state index contributed by atoms with van der Waals surface area (Å²) in [5, 5.41) is 9.13. The van der Waals surface area contributed by atoms with Crippen molar-refractivity contribution < 1.29 is 9.53 Å². The summed E-state index contributed by atoms with van der Waals surface area (Å²) < 4.78 is 5.60. The topological polar surface area (TPSA) is 75.3 Å². The number of hydrogen-bond donors (Lipinski definition) is 3. The average Bonchev–Trinajstić information content (AvgIpc) is 2.63. The van der Waals surface area contributed by atoms with Crippen LogP contribution in [-0.2, 0) is 0 Å². The Morgan fingerprint density at radius 2 is 2.04 bits per heavy atom. The predicted molar refractivity (Wildman–Crippen MR) is 93.2 cm³/mol. The number of carbonyl (C=O) groups is 1. The van der Waals surface area contributed by atoms with Gasteiger partial charge in [0, 0.05) is 31.3 Å². The third kappa shape index (κ3) is 4.38. The van der Waals surface area contributed by atoms with Gasteiger partial charge in [-0.15, -0.1) is 0 Å². The smallest absolute Gasteiger partial charge is 0.315 e. The Bertz CT molecular complexity index is 663. The van der Waals surface area contributed by atoms with E-state index in [1.54, 1.807) is 6.20 Å². The number of nitrogens with one attached hydrogen (secondary N) is 3. The van der Waals surface area contributed by atoms with Gasteiger partial charge in [-0.2, -0.15) is 0 Å². The molecular weight excluding hydrogens is 304 g/mol. The highest BCUT2D eigenvalue weighted by Crippen LogP contribution is 2.31. The highest BCUT2D eigenvalue weighted by Gasteiger charge is 2.22. The molecule has 0 saturated heterocycles. The van der Waals surface area contributed by atoms with Crippen LogP contribution in [0.4, 0.5) is 10.6 Å². The molecule has 0 spiro atoms. The van der Waals surface area contributed by atoms with E-state index in [-0.39, 0.29) is 12.1 Å². The van der Waals surface area contributed by atoms with Crippen molar-refractivity contribution in [3.63, 3.8) is 0 Å². The van der Waals surface area contributed by atoms with E-state index in [4.69, 9.17) is 4.74 Å². The fourth-order valence-corrected chi connectivity index (χ4v) is 2.68. The summed E-state index contributed by atoms with van der Waals surface area (Å²) in [7, 11) is 0. The molecule has 6 heteroatoms. The molecule has 0 saturated carbocycles. The minimum Gasteiger partial charge on any atom is -0.493 e. The molecule has 1 atom stereocenters. The first kappa shape index (κ1) is 16.1. The SMILES string of the molecule is O=C(NCCCNc1ccccn1)N[C@H]1CCOc2ccccc21. The van der Waals surface area contributed by atoms with Gasteiger partial charge in [0.1, 0.15) is 11.6 Å². The van der Waals surface area contributed by atoms with Gasteiger partial charge in [-0.25, -0.2) is 9.78 Å². The van der Waals surface area contributed by atoms with Crippen molar-refractivity contribution in [2.45, 2.75) is 18.9 Å². The predicted octanol–water partition coefficient (Wildman–Crippen LogP) is 2.71. The molecule has 1 aliphatic heterocycles. The number of rotatable bonds is 6. The summed E-state index contributed by atoms with van der Waals surface area (Å²) in [6.07, 6.45) is 3.36. The minimum atomic E-state index is -0.144. The number of amides is 2. The van der Waals surface area contributed by atoms with Crippen LogP contribution in [0.1, 0.15) is 24.4 Å². The van der Waals surface area contributed by atoms with E-state index in [1.807, 2.05) is 42.5 Å². The number of anilines is 1. The number of pyridine rings is 1. The normalized spacial score (nSPS) is 15.8. The van der Waals surface area contributed by atoms with Gasteiger partial charge in [-0.1, -0.05) is 24.3 Å². The van der Waals surface area contributed by atoms with Gasteiger partial charge in [0.2, 0.25) is 0 Å². The molecule has 3 rings (SSSR count). The largest absolute Gasteiger partial charge is 0.493 e. The second-order valence-corrected chi connectivity index (χ2v) is 5.62. The Morgan fingerprint density at radius 3 is 2.92 bits per heavy atom. The van der Waals surface area contributed by atoms with E-state index in [2.05, 4.69) is 20.9 Å². The summed E-state index contributed by atoms with van der Waals surface area (Å²) in [6.45, 7) is 1.99. The summed E-state index contributed by atoms with van der Waals surface area (Å²) in [5.74, 6) is 1.70. The Labute approximate surface area is 141 Å². The highest BCUT2D eigenvalue weighted by molar-refractivity contribution is 5.74. The third-order valence-corrected chi connectivity index (χ3v) is 3.87. The molecule has 0 fully saturated rings. The molecule has 0 aliphatic carbocycles. The second-order valence-electron chi connectivity index (χ2n) is 5.62. The molecule has 2 heterocycles. The number of urea groups is 1. The zero-order valence-electron chi connectivity index (χ0n) is 13.5. The Balaban J connectivity index is 1.37. The van der Waals surface area contributed by atoms with Crippen LogP contribution in [0, 0.1) is 0 Å². The van der Waals surface area contributed by atoms with Crippen LogP contribution in [0.3, 0.4) is 0 Å². The van der Waals surface area contributed by atoms with Crippen LogP contribution in [0.25, 0.3) is 0 Å². The van der Waals surface area contributed by atoms with E-state index in [1.165, 1.54) is 0 Å². The maximum Gasteiger partial charge on any atom is 0.315 e. The first-order valence-electron chi connectivity index (χ1n) is 8.24. The molecule has 6 nitrogen and oxygen atoms in total. The molecule has 0 radical (unpaired) electrons. The molecular formula is C18H22N4O2. The lowest BCUT2D eigenvalue weighted by Gasteiger charge is -2.26. The molecule has 24 heavy (non-hydrogen) atoms. The van der Waals surface area contributed by atoms with E-state index in [0.29, 0.717) is 13.2 Å². The van der Waals surface area contributed by atoms with Crippen molar-refractivity contribution in [3.05, 3.63) is 54.2 Å². The third-order valence-electron chi connectivity index (χ3n) is 3.87. The zero-order valence-corrected chi connectivity index (χ0v) is 13.5. The van der Waals surface area contributed by atoms with Gasteiger partial charge in [-0.3, -0.25) is 0 Å². The lowest BCUT2D eigenvalue weighted by atomic mass is 10.0. The van der Waals surface area contributed by atoms with Crippen molar-refractivity contribution in [1.29, 1.82) is 0 Å². The average molecular weight is 326 g/mol. The number of fused-ring (bicyclic) bond motifs is 1. The molecule has 1 aromatic carbocycles. The van der Waals surface area contributed by atoms with Gasteiger partial charge in [-0.05, 0) is 24.6 Å². The van der Waals surface area contributed by atoms with Gasteiger partial charge in [0.25, 0.3) is 0 Å². The fourth-order valence-electron chi connectivity index (χ4n) is 2.68. The van der Waals surface area contributed by atoms with E-state index in [0.717, 1.165) is 36.5 Å². The van der Waals surface area contributed by atoms with E-state index in [9.17, 15) is 4.79 Å². The lowest BCUT2D eigenvalue weighted by Crippen LogP contribution is -2.40. The number of ether oxygens (including phenoxy) is 1. The Hall–Kier alpha value is -2.76. The van der Waals surface area contributed by atoms with E-state index < -0.39 is 0 Å². The van der Waals surface area contributed by atoms with Crippen molar-refractivity contribution >= 4 is 11.8 Å². The number of benzene rings is 1. The Morgan fingerprint density at radius 1 is 1.17 bits per heavy atom. The monoisotopic (exact) mass is 326 g/mol. The highest BCUT2D eigenvalue weighted by atomic mass is 16.5. The zero-order chi connectivity index (χ0) is 16.6. The lowest BCUT2D eigenvalue weighted by molar-refractivity contribution is 0.223. The second kappa shape index (κ2) is 8.19. The number of para-hydroxylation sites is 1. The molecule has 2 aromatic rings. The maximum absolute atomic E-state index is 12.1. The van der Waals surface area contributed by atoms with Crippen LogP contribution in [0.15, 0.2) is 48.7 Å². The number of nitrogens with zero attached hydrogens (tertiary/aromatic N) is 1. The van der Waals surface area contributed by atoms with Gasteiger partial charge in [0.15, 0.2) is 0 Å². The molecule has 126 valence electrons. The van der Waals surface area contributed by atoms with Crippen molar-refractivity contribution in [3.8, 4) is 5.75 Å². The van der Waals surface area contributed by atoms with Gasteiger partial charge >= 0.3 is 6.03 Å². The van der Waals surface area contributed by atoms with Crippen LogP contribution in [0.5, 0.6) is 5.75 Å². The van der Waals surface area contributed by atoms with Crippen molar-refractivity contribution in [2.24, 2.45) is 0 Å². The summed E-state index contributed by atoms with van der Waals surface area (Å²) in [6, 6.07) is 13.4. The maximum atomic E-state index is 12.1. The van der Waals surface area contributed by atoms with Crippen LogP contribution >= 0.6 is 0 Å². The summed E-state index contributed by atoms with van der Waals surface area (Å²) in [5.41, 5.74) is 1.04. The molecule has 0 unspecified atom stereocenters. The molecule has 1 aromatic heterocycles. The number of aromatic nitrogens is 1. The van der Waals surface area contributed by atoms with Crippen LogP contribution in [0.2, 0.25) is 0 Å². The quantitative estimate of drug-likeness (QED) is 0.714. The van der Waals surface area contributed by atoms with Gasteiger partial charge < -0.3 is 20.7 Å². The van der Waals surface area contributed by atoms with Crippen molar-refractivity contribution in [2.75, 3.05) is 25.0 Å². The molecule has 2 amide bonds. The number of hydrogen-bond acceptors (Lipinski definition) is 4. The summed E-state index contributed by atoms with van der Waals surface area (Å²) in [4.78, 5) is 16.2. The van der Waals surface area contributed by atoms with Crippen LogP contribution in [-0.4, -0.2) is 30.7 Å². The first-order chi connectivity index (χ1) is 11.8. The summed E-state index contributed by atoms with van der Waals surface area (Å²) >= 11 is 0. The molecule has 3 N–H and O–H groups in total. The Kier molecular flexibility index (Phi) is 5.50. The number of carbonyl (C=O) groups excluding carboxylic acids is 1. The van der Waals surface area contributed by atoms with Crippen LogP contribution < -0.4 is 20.7 Å². The standard InChI is InChI=1S/C18H22N4O2/c23-18(21-12-5-11-20-17-8-3-4-10-19-17)22-15-9-13-24-16-7-2-1-6-14(15)16/h1-4,6-8,10,15H,5,9,11-13H2,(H,19,20)(H2,21,22,23)/t15-/m0/s1. The van der Waals surface area contributed by atoms with Crippen molar-refractivity contribution in [1.82, 2.24) is 15.6 Å². The first-order valence-corrected chi connectivity index (χ1v) is 8.24.